The number of carboxylic acids is 1. The highest BCUT2D eigenvalue weighted by Crippen LogP contribution is 2.16. The van der Waals surface area contributed by atoms with Gasteiger partial charge in [-0.25, -0.2) is 0 Å². The highest BCUT2D eigenvalue weighted by atomic mass is 32.2. The van der Waals surface area contributed by atoms with Crippen LogP contribution in [-0.2, 0) is 4.79 Å². The maximum absolute atomic E-state index is 10.2. The van der Waals surface area contributed by atoms with Crippen molar-refractivity contribution in [2.45, 2.75) is 11.7 Å². The molecule has 0 aliphatic carbocycles. The van der Waals surface area contributed by atoms with Crippen molar-refractivity contribution in [3.8, 4) is 0 Å². The van der Waals surface area contributed by atoms with Crippen molar-refractivity contribution < 1.29 is 9.90 Å². The van der Waals surface area contributed by atoms with E-state index >= 15 is 0 Å². The molecule has 1 aliphatic rings. The van der Waals surface area contributed by atoms with Crippen LogP contribution in [0.2, 0.25) is 0 Å². The molecule has 0 bridgehead atoms. The molecule has 0 radical (unpaired) electrons. The fourth-order valence-corrected chi connectivity index (χ4v) is 1.51. The maximum atomic E-state index is 10.2. The third-order valence-corrected chi connectivity index (χ3v) is 2.44. The van der Waals surface area contributed by atoms with Gasteiger partial charge >= 0.3 is 5.97 Å². The molecular weight excluding hydrogens is 162 g/mol. The summed E-state index contributed by atoms with van der Waals surface area (Å²) in [7, 11) is 0. The van der Waals surface area contributed by atoms with Crippen LogP contribution in [0.1, 0.15) is 6.42 Å². The second kappa shape index (κ2) is 4.18. The van der Waals surface area contributed by atoms with E-state index in [0.29, 0.717) is 5.25 Å². The summed E-state index contributed by atoms with van der Waals surface area (Å²) in [6.07, 6.45) is 6.28. The Balaban J connectivity index is 2.22. The second-order valence-corrected chi connectivity index (χ2v) is 3.38. The van der Waals surface area contributed by atoms with E-state index < -0.39 is 5.97 Å². The number of aliphatic imine (C=N–C) groups is 1. The third kappa shape index (κ3) is 3.23. The highest BCUT2D eigenvalue weighted by molar-refractivity contribution is 8.00. The van der Waals surface area contributed by atoms with E-state index in [-0.39, 0.29) is 5.75 Å². The Labute approximate surface area is 69.2 Å². The molecule has 1 N–H and O–H groups in total. The van der Waals surface area contributed by atoms with Gasteiger partial charge in [0.1, 0.15) is 0 Å². The highest BCUT2D eigenvalue weighted by Gasteiger charge is 2.07. The van der Waals surface area contributed by atoms with Crippen LogP contribution in [-0.4, -0.2) is 28.3 Å². The predicted molar refractivity (Wildman–Crippen MR) is 46.1 cm³/mol. The summed E-state index contributed by atoms with van der Waals surface area (Å²) in [6.45, 7) is 0. The smallest absolute Gasteiger partial charge is 0.313 e. The van der Waals surface area contributed by atoms with Gasteiger partial charge in [-0.05, 0) is 6.42 Å². The SMILES string of the molecule is O=C(O)CSC1C=CN=CC1. The number of hydrogen-bond acceptors (Lipinski definition) is 3. The summed E-state index contributed by atoms with van der Waals surface area (Å²) in [4.78, 5) is 14.1. The quantitative estimate of drug-likeness (QED) is 0.693. The molecule has 0 saturated carbocycles. The molecule has 0 spiro atoms. The van der Waals surface area contributed by atoms with Gasteiger partial charge < -0.3 is 5.11 Å². The van der Waals surface area contributed by atoms with Crippen LogP contribution in [0.4, 0.5) is 0 Å². The minimum absolute atomic E-state index is 0.169. The van der Waals surface area contributed by atoms with E-state index in [1.165, 1.54) is 11.8 Å². The largest absolute Gasteiger partial charge is 0.481 e. The summed E-state index contributed by atoms with van der Waals surface area (Å²) in [5, 5.41) is 8.66. The standard InChI is InChI=1S/C7H9NO2S/c9-7(10)5-11-6-1-3-8-4-2-6/h1,3-4,6H,2,5H2,(H,9,10). The summed E-state index contributed by atoms with van der Waals surface area (Å²) >= 11 is 1.43. The maximum Gasteiger partial charge on any atom is 0.313 e. The Bertz CT molecular complexity index is 201. The summed E-state index contributed by atoms with van der Waals surface area (Å²) in [5.74, 6) is -0.589. The Morgan fingerprint density at radius 1 is 1.82 bits per heavy atom. The molecule has 0 fully saturated rings. The Hall–Kier alpha value is -0.770. The van der Waals surface area contributed by atoms with E-state index in [1.54, 1.807) is 12.4 Å². The molecule has 3 nitrogen and oxygen atoms in total. The first-order valence-electron chi connectivity index (χ1n) is 3.31. The van der Waals surface area contributed by atoms with Gasteiger partial charge in [0, 0.05) is 17.7 Å². The normalized spacial score (nSPS) is 22.0. The second-order valence-electron chi connectivity index (χ2n) is 2.15. The van der Waals surface area contributed by atoms with Crippen molar-refractivity contribution in [3.63, 3.8) is 0 Å². The number of carboxylic acid groups (broad SMARTS) is 1. The lowest BCUT2D eigenvalue weighted by Gasteiger charge is -2.09. The molecule has 0 aromatic carbocycles. The Morgan fingerprint density at radius 2 is 2.64 bits per heavy atom. The summed E-state index contributed by atoms with van der Waals surface area (Å²) in [5.41, 5.74) is 0. The van der Waals surface area contributed by atoms with Crippen LogP contribution in [0, 0.1) is 0 Å². The fraction of sp³-hybridized carbons (Fsp3) is 0.429. The van der Waals surface area contributed by atoms with Gasteiger partial charge in [-0.15, -0.1) is 11.8 Å². The molecular formula is C7H9NO2S. The van der Waals surface area contributed by atoms with Gasteiger partial charge in [0.15, 0.2) is 0 Å². The molecule has 11 heavy (non-hydrogen) atoms. The van der Waals surface area contributed by atoms with Crippen LogP contribution in [0.5, 0.6) is 0 Å². The topological polar surface area (TPSA) is 49.7 Å². The molecule has 60 valence electrons. The van der Waals surface area contributed by atoms with Crippen molar-refractivity contribution >= 4 is 23.9 Å². The average Bonchev–Trinajstić information content (AvgIpc) is 2.03. The zero-order valence-electron chi connectivity index (χ0n) is 5.93. The lowest BCUT2D eigenvalue weighted by atomic mass is 10.3. The number of nitrogens with zero attached hydrogens (tertiary/aromatic N) is 1. The first-order chi connectivity index (χ1) is 5.29. The van der Waals surface area contributed by atoms with Crippen molar-refractivity contribution in [2.75, 3.05) is 5.75 Å². The van der Waals surface area contributed by atoms with Crippen molar-refractivity contribution in [1.29, 1.82) is 0 Å². The number of hydrogen-bond donors (Lipinski definition) is 1. The van der Waals surface area contributed by atoms with Crippen molar-refractivity contribution in [2.24, 2.45) is 4.99 Å². The first-order valence-corrected chi connectivity index (χ1v) is 4.35. The fourth-order valence-electron chi connectivity index (χ4n) is 0.752. The van der Waals surface area contributed by atoms with Crippen molar-refractivity contribution in [1.82, 2.24) is 0 Å². The van der Waals surface area contributed by atoms with E-state index in [2.05, 4.69) is 4.99 Å². The average molecular weight is 171 g/mol. The van der Waals surface area contributed by atoms with Crippen LogP contribution in [0.15, 0.2) is 17.3 Å². The molecule has 4 heteroatoms. The summed E-state index contributed by atoms with van der Waals surface area (Å²) < 4.78 is 0. The minimum Gasteiger partial charge on any atom is -0.481 e. The molecule has 0 aromatic rings. The molecule has 1 rings (SSSR count). The number of carbonyl (C=O) groups is 1. The van der Waals surface area contributed by atoms with Gasteiger partial charge in [0.25, 0.3) is 0 Å². The van der Waals surface area contributed by atoms with Gasteiger partial charge in [-0.1, -0.05) is 6.08 Å². The van der Waals surface area contributed by atoms with Gasteiger partial charge in [-0.3, -0.25) is 9.79 Å². The van der Waals surface area contributed by atoms with E-state index in [4.69, 9.17) is 5.11 Å². The Kier molecular flexibility index (Phi) is 3.16. The van der Waals surface area contributed by atoms with Crippen LogP contribution >= 0.6 is 11.8 Å². The van der Waals surface area contributed by atoms with Gasteiger partial charge in [0.2, 0.25) is 0 Å². The predicted octanol–water partition coefficient (Wildman–Crippen LogP) is 1.16. The number of aliphatic carboxylic acids is 1. The first kappa shape index (κ1) is 8.33. The third-order valence-electron chi connectivity index (χ3n) is 1.25. The zero-order chi connectivity index (χ0) is 8.10. The van der Waals surface area contributed by atoms with E-state index in [0.717, 1.165) is 6.42 Å². The molecule has 1 aliphatic heterocycles. The van der Waals surface area contributed by atoms with Crippen molar-refractivity contribution in [3.05, 3.63) is 12.3 Å². The molecule has 1 unspecified atom stereocenters. The molecule has 0 amide bonds. The number of rotatable bonds is 3. The molecule has 0 aromatic heterocycles. The van der Waals surface area contributed by atoms with Crippen LogP contribution in [0.3, 0.4) is 0 Å². The zero-order valence-corrected chi connectivity index (χ0v) is 6.75. The molecule has 0 saturated heterocycles. The number of thioether (sulfide) groups is 1. The lowest BCUT2D eigenvalue weighted by Crippen LogP contribution is -2.07. The minimum atomic E-state index is -0.758. The van der Waals surface area contributed by atoms with Gasteiger partial charge in [-0.2, -0.15) is 0 Å². The summed E-state index contributed by atoms with van der Waals surface area (Å²) in [6, 6.07) is 0. The van der Waals surface area contributed by atoms with Crippen LogP contribution in [0.25, 0.3) is 0 Å². The van der Waals surface area contributed by atoms with E-state index in [1.807, 2.05) is 6.08 Å². The van der Waals surface area contributed by atoms with Crippen LogP contribution < -0.4 is 0 Å². The Morgan fingerprint density at radius 3 is 3.18 bits per heavy atom. The van der Waals surface area contributed by atoms with Gasteiger partial charge in [0.05, 0.1) is 5.75 Å². The lowest BCUT2D eigenvalue weighted by molar-refractivity contribution is -0.133. The monoisotopic (exact) mass is 171 g/mol. The molecule has 1 heterocycles. The molecule has 1 atom stereocenters. The van der Waals surface area contributed by atoms with E-state index in [9.17, 15) is 4.79 Å².